The smallest absolute Gasteiger partial charge is 0.290 e. The number of benzene rings is 2. The molecule has 0 saturated heterocycles. The highest BCUT2D eigenvalue weighted by Gasteiger charge is 2.30. The lowest BCUT2D eigenvalue weighted by Gasteiger charge is -2.33. The fraction of sp³-hybridized carbons (Fsp3) is 0.312. The number of carbonyl (C=O) groups is 1. The number of hydrogen-bond acceptors (Lipinski definition) is 4. The van der Waals surface area contributed by atoms with Crippen LogP contribution in [0.4, 0.5) is 5.69 Å². The maximum absolute atomic E-state index is 13.6. The summed E-state index contributed by atoms with van der Waals surface area (Å²) in [6.45, 7) is 13.0. The number of anilines is 1. The predicted octanol–water partition coefficient (Wildman–Crippen LogP) is 6.81. The molecule has 1 unspecified atom stereocenters. The summed E-state index contributed by atoms with van der Waals surface area (Å²) < 4.78 is 18.0. The number of pyridine rings is 1. The van der Waals surface area contributed by atoms with E-state index in [1.165, 1.54) is 38.9 Å². The van der Waals surface area contributed by atoms with Gasteiger partial charge in [-0.05, 0) is 93.6 Å². The van der Waals surface area contributed by atoms with Crippen LogP contribution in [0.25, 0.3) is 22.0 Å². The number of aliphatic hydroxyl groups is 1. The molecule has 0 fully saturated rings. The van der Waals surface area contributed by atoms with Gasteiger partial charge in [-0.15, -0.1) is 12.8 Å². The number of terminal acetylenes is 1. The first kappa shape index (κ1) is 33.6. The van der Waals surface area contributed by atoms with Crippen molar-refractivity contribution >= 4 is 45.6 Å². The summed E-state index contributed by atoms with van der Waals surface area (Å²) in [5, 5.41) is 17.4. The average molecular weight is 596 g/mol. The van der Waals surface area contributed by atoms with Crippen LogP contribution in [0.3, 0.4) is 0 Å². The minimum atomic E-state index is -1.31. The lowest BCUT2D eigenvalue weighted by atomic mass is 9.89. The van der Waals surface area contributed by atoms with E-state index >= 15 is 0 Å². The largest absolute Gasteiger partial charge is 0.483 e. The lowest BCUT2D eigenvalue weighted by Crippen LogP contribution is -2.34. The summed E-state index contributed by atoms with van der Waals surface area (Å²) in [5.74, 6) is 0. The topological polar surface area (TPSA) is 95.7 Å². The van der Waals surface area contributed by atoms with Gasteiger partial charge in [0.25, 0.3) is 6.47 Å². The number of hydrogen-bond donors (Lipinski definition) is 2. The highest BCUT2D eigenvalue weighted by molar-refractivity contribution is 7.86. The summed E-state index contributed by atoms with van der Waals surface area (Å²) in [4.78, 5) is 13.3. The quantitative estimate of drug-likeness (QED) is 0.200. The van der Waals surface area contributed by atoms with Crippen LogP contribution >= 0.6 is 11.6 Å². The molecule has 0 amide bonds. The second-order valence-electron chi connectivity index (χ2n) is 10.2. The molecule has 3 heterocycles. The van der Waals surface area contributed by atoms with Gasteiger partial charge in [0.1, 0.15) is 0 Å². The normalized spacial score (nSPS) is 12.6. The molecular formula is C32H38ClN3O4S. The van der Waals surface area contributed by atoms with Gasteiger partial charge in [-0.1, -0.05) is 30.7 Å². The molecule has 0 bridgehead atoms. The molecule has 2 aromatic heterocycles. The molecule has 1 aliphatic rings. The standard InChI is InChI=1S/C25H24ClN3OS.C4H10O.C2H2.CH2O2/c1-4-21-17(3)24-25-22(23(21)18-7-9-19(26)10-8-18)14-16(2)28(25)12-13-29(24)31(30)20-6-5-11-27-15-20;1-4(2,3)5;1-2;2-1-3/h5-11,14-15H,4,12-13H2,1-3H3;5H,1-3H3;1-2H;1H,(H,2,3). The first-order chi connectivity index (χ1) is 19.4. The number of nitrogens with zero attached hydrogens (tertiary/aromatic N) is 3. The first-order valence-electron chi connectivity index (χ1n) is 13.1. The molecule has 218 valence electrons. The van der Waals surface area contributed by atoms with Crippen molar-refractivity contribution < 1.29 is 19.2 Å². The van der Waals surface area contributed by atoms with Gasteiger partial charge in [-0.3, -0.25) is 14.1 Å². The summed E-state index contributed by atoms with van der Waals surface area (Å²) in [6.07, 6.45) is 12.3. The van der Waals surface area contributed by atoms with Crippen LogP contribution in [0.2, 0.25) is 5.02 Å². The fourth-order valence-corrected chi connectivity index (χ4v) is 6.18. The summed E-state index contributed by atoms with van der Waals surface area (Å²) in [7, 11) is -1.31. The van der Waals surface area contributed by atoms with Crippen molar-refractivity contribution in [2.45, 2.75) is 65.0 Å². The number of carboxylic acid groups (broad SMARTS) is 1. The average Bonchev–Trinajstić information content (AvgIpc) is 3.28. The van der Waals surface area contributed by atoms with Crippen LogP contribution in [0, 0.1) is 26.7 Å². The molecule has 9 heteroatoms. The Bertz CT molecular complexity index is 1500. The second-order valence-corrected chi connectivity index (χ2v) is 12.1. The van der Waals surface area contributed by atoms with Gasteiger partial charge in [-0.2, -0.15) is 0 Å². The van der Waals surface area contributed by atoms with E-state index in [9.17, 15) is 4.21 Å². The Morgan fingerprint density at radius 2 is 1.71 bits per heavy atom. The predicted molar refractivity (Wildman–Crippen MR) is 170 cm³/mol. The van der Waals surface area contributed by atoms with E-state index in [0.29, 0.717) is 6.54 Å². The van der Waals surface area contributed by atoms with Crippen LogP contribution in [-0.2, 0) is 28.7 Å². The van der Waals surface area contributed by atoms with Gasteiger partial charge in [0, 0.05) is 35.0 Å². The zero-order valence-electron chi connectivity index (χ0n) is 24.4. The van der Waals surface area contributed by atoms with Crippen molar-refractivity contribution in [2.24, 2.45) is 0 Å². The molecule has 41 heavy (non-hydrogen) atoms. The van der Waals surface area contributed by atoms with Crippen LogP contribution in [0.15, 0.2) is 59.8 Å². The molecule has 2 N–H and O–H groups in total. The van der Waals surface area contributed by atoms with Crippen molar-refractivity contribution in [1.82, 2.24) is 9.55 Å². The van der Waals surface area contributed by atoms with Crippen molar-refractivity contribution in [3.63, 3.8) is 0 Å². The Balaban J connectivity index is 0.000000517. The number of rotatable bonds is 4. The summed E-state index contributed by atoms with van der Waals surface area (Å²) in [5.41, 5.74) is 7.87. The van der Waals surface area contributed by atoms with Gasteiger partial charge in [0.05, 0.1) is 28.2 Å². The zero-order chi connectivity index (χ0) is 30.9. The summed E-state index contributed by atoms with van der Waals surface area (Å²) >= 11 is 6.17. The fourth-order valence-electron chi connectivity index (χ4n) is 4.82. The Morgan fingerprint density at radius 1 is 1.12 bits per heavy atom. The zero-order valence-corrected chi connectivity index (χ0v) is 26.0. The molecule has 1 atom stereocenters. The number of halogens is 1. The van der Waals surface area contributed by atoms with Gasteiger partial charge in [-0.25, -0.2) is 4.21 Å². The third-order valence-corrected chi connectivity index (χ3v) is 7.87. The van der Waals surface area contributed by atoms with E-state index in [0.717, 1.165) is 28.6 Å². The minimum Gasteiger partial charge on any atom is -0.483 e. The van der Waals surface area contributed by atoms with Crippen LogP contribution < -0.4 is 4.31 Å². The Hall–Kier alpha value is -3.64. The molecule has 0 spiro atoms. The molecule has 5 rings (SSSR count). The van der Waals surface area contributed by atoms with Gasteiger partial charge < -0.3 is 14.8 Å². The number of aryl methyl sites for hydroxylation is 1. The van der Waals surface area contributed by atoms with Gasteiger partial charge >= 0.3 is 0 Å². The molecule has 0 radical (unpaired) electrons. The number of aromatic nitrogens is 2. The first-order valence-corrected chi connectivity index (χ1v) is 14.6. The van der Waals surface area contributed by atoms with Gasteiger partial charge in [0.2, 0.25) is 0 Å². The Kier molecular flexibility index (Phi) is 12.1. The second kappa shape index (κ2) is 14.8. The van der Waals surface area contributed by atoms with Crippen LogP contribution in [0.1, 0.15) is 44.5 Å². The van der Waals surface area contributed by atoms with Crippen LogP contribution in [-0.4, -0.2) is 42.6 Å². The van der Waals surface area contributed by atoms with Crippen molar-refractivity contribution in [3.05, 3.63) is 76.7 Å². The molecule has 1 aliphatic heterocycles. The maximum Gasteiger partial charge on any atom is 0.290 e. The molecule has 4 aromatic rings. The van der Waals surface area contributed by atoms with E-state index in [1.54, 1.807) is 33.2 Å². The molecular weight excluding hydrogens is 558 g/mol. The van der Waals surface area contributed by atoms with E-state index < -0.39 is 16.6 Å². The highest BCUT2D eigenvalue weighted by Crippen LogP contribution is 2.45. The Morgan fingerprint density at radius 3 is 2.22 bits per heavy atom. The molecule has 7 nitrogen and oxygen atoms in total. The van der Waals surface area contributed by atoms with E-state index in [4.69, 9.17) is 26.6 Å². The van der Waals surface area contributed by atoms with E-state index in [2.05, 4.69) is 65.7 Å². The van der Waals surface area contributed by atoms with Crippen molar-refractivity contribution in [1.29, 1.82) is 0 Å². The van der Waals surface area contributed by atoms with Crippen LogP contribution in [0.5, 0.6) is 0 Å². The molecule has 2 aromatic carbocycles. The van der Waals surface area contributed by atoms with E-state index in [-0.39, 0.29) is 6.47 Å². The lowest BCUT2D eigenvalue weighted by molar-refractivity contribution is -0.122. The van der Waals surface area contributed by atoms with Crippen molar-refractivity contribution in [2.75, 3.05) is 10.8 Å². The third-order valence-electron chi connectivity index (χ3n) is 6.21. The molecule has 0 aliphatic carbocycles. The molecule has 0 saturated carbocycles. The third kappa shape index (κ3) is 7.98. The van der Waals surface area contributed by atoms with Crippen molar-refractivity contribution in [3.8, 4) is 24.0 Å². The Labute approximate surface area is 250 Å². The highest BCUT2D eigenvalue weighted by atomic mass is 35.5. The summed E-state index contributed by atoms with van der Waals surface area (Å²) in [6, 6.07) is 14.1. The van der Waals surface area contributed by atoms with E-state index in [1.807, 2.05) is 24.3 Å². The minimum absolute atomic E-state index is 0.250. The van der Waals surface area contributed by atoms with Gasteiger partial charge in [0.15, 0.2) is 11.0 Å². The maximum atomic E-state index is 13.6. The SMILES string of the molecule is C#C.CC(C)(C)O.CCc1c(C)c2c3c(cc(C)n3CCN2S(=O)c2cccnc2)c1-c1ccc(Cl)cc1.O=CO. The monoisotopic (exact) mass is 595 g/mol.